The summed E-state index contributed by atoms with van der Waals surface area (Å²) < 4.78 is 66.3. The highest BCUT2D eigenvalue weighted by molar-refractivity contribution is 7.21. The molecule has 15 rings (SSSR count). The molecule has 0 unspecified atom stereocenters. The number of aryl methyl sites for hydroxylation is 2. The molecule has 0 radical (unpaired) electrons. The Morgan fingerprint density at radius 3 is 1.31 bits per heavy atom. The molecule has 0 atom stereocenters. The van der Waals surface area contributed by atoms with Gasteiger partial charge in [-0.2, -0.15) is 0 Å². The van der Waals surface area contributed by atoms with E-state index in [9.17, 15) is 47.7 Å². The molecule has 0 bridgehead atoms. The molecular formula is C57H58F4N10O7S3. The molecule has 1 amide bonds. The zero-order chi connectivity index (χ0) is 56.4. The molecule has 0 spiro atoms. The van der Waals surface area contributed by atoms with Gasteiger partial charge in [-0.05, 0) is 82.7 Å². The standard InChI is InChI=1S/C19H18F2N4O3S.2C19H20FN3O2S/c20-10-7-9-13(12(21)14(10)24-5-3-23-4-6-24)25(8-1-2-8)19-11(15(9)26)16(27)17(29-19)18(22)28;2*1-10-17(24)16-18(25)12-8-13(20)15(22-6-4-21-5-7-22)9-14(12)23(11-2-3-11)19(16)26-10/h7-8,23,27H,1-6H2,(H2,22,28);2*8-9,11,21,24H,2-7H2,1H3. The second kappa shape index (κ2) is 20.5. The molecule has 3 saturated heterocycles. The van der Waals surface area contributed by atoms with E-state index in [0.717, 1.165) is 139 Å². The first-order valence-electron chi connectivity index (χ1n) is 27.4. The zero-order valence-electron chi connectivity index (χ0n) is 44.3. The summed E-state index contributed by atoms with van der Waals surface area (Å²) in [6, 6.07) is 7.98. The summed E-state index contributed by atoms with van der Waals surface area (Å²) in [5, 5.41) is 42.0. The van der Waals surface area contributed by atoms with Crippen LogP contribution in [0, 0.1) is 37.1 Å². The van der Waals surface area contributed by atoms with Crippen LogP contribution in [0.4, 0.5) is 34.6 Å². The van der Waals surface area contributed by atoms with Crippen LogP contribution in [0.1, 0.15) is 76.1 Å². The van der Waals surface area contributed by atoms with Crippen LogP contribution >= 0.6 is 34.0 Å². The maximum Gasteiger partial charge on any atom is 0.262 e. The summed E-state index contributed by atoms with van der Waals surface area (Å²) in [7, 11) is 0. The number of anilines is 3. The third-order valence-corrected chi connectivity index (χ3v) is 19.8. The predicted octanol–water partition coefficient (Wildman–Crippen LogP) is 8.27. The third-order valence-electron chi connectivity index (χ3n) is 16.4. The number of primary amides is 1. The van der Waals surface area contributed by atoms with Gasteiger partial charge in [-0.15, -0.1) is 34.0 Å². The number of pyridine rings is 3. The Bertz CT molecular complexity index is 4120. The first-order chi connectivity index (χ1) is 39.0. The van der Waals surface area contributed by atoms with E-state index in [1.165, 1.54) is 34.8 Å². The molecule has 9 heterocycles. The number of nitrogens with zero attached hydrogens (tertiary/aromatic N) is 6. The maximum atomic E-state index is 15.7. The van der Waals surface area contributed by atoms with Crippen molar-refractivity contribution in [2.75, 3.05) is 93.2 Å². The van der Waals surface area contributed by atoms with Crippen LogP contribution in [0.2, 0.25) is 0 Å². The van der Waals surface area contributed by atoms with Crippen LogP contribution in [-0.4, -0.2) is 113 Å². The normalized spacial score (nSPS) is 17.9. The van der Waals surface area contributed by atoms with Crippen molar-refractivity contribution in [3.05, 3.63) is 98.9 Å². The molecule has 9 aromatic rings. The Hall–Kier alpha value is -6.96. The molecule has 6 aliphatic rings. The lowest BCUT2D eigenvalue weighted by Crippen LogP contribution is -2.44. The predicted molar refractivity (Wildman–Crippen MR) is 314 cm³/mol. The summed E-state index contributed by atoms with van der Waals surface area (Å²) in [6.45, 7) is 12.0. The van der Waals surface area contributed by atoms with Crippen molar-refractivity contribution < 1.29 is 37.7 Å². The Morgan fingerprint density at radius 1 is 0.519 bits per heavy atom. The van der Waals surface area contributed by atoms with E-state index >= 15 is 4.39 Å². The number of aromatic nitrogens is 3. The molecule has 17 nitrogen and oxygen atoms in total. The van der Waals surface area contributed by atoms with Crippen molar-refractivity contribution in [3.63, 3.8) is 0 Å². The van der Waals surface area contributed by atoms with Gasteiger partial charge in [-0.1, -0.05) is 0 Å². The lowest BCUT2D eigenvalue weighted by atomic mass is 10.1. The highest BCUT2D eigenvalue weighted by atomic mass is 32.1. The van der Waals surface area contributed by atoms with Crippen molar-refractivity contribution in [2.45, 2.75) is 70.5 Å². The van der Waals surface area contributed by atoms with Crippen LogP contribution in [0.5, 0.6) is 17.2 Å². The van der Waals surface area contributed by atoms with Gasteiger partial charge in [0.2, 0.25) is 16.3 Å². The molecule has 6 aromatic heterocycles. The minimum absolute atomic E-state index is 0.0113. The largest absolute Gasteiger partial charge is 0.506 e. The molecule has 3 aliphatic carbocycles. The summed E-state index contributed by atoms with van der Waals surface area (Å²) in [4.78, 5) is 59.6. The number of carbonyl (C=O) groups is 1. The second-order valence-electron chi connectivity index (χ2n) is 21.8. The number of nitrogens with two attached hydrogens (primary N) is 1. The second-order valence-corrected chi connectivity index (χ2v) is 25.2. The number of piperazine rings is 3. The van der Waals surface area contributed by atoms with Gasteiger partial charge in [0.15, 0.2) is 11.6 Å². The first-order valence-corrected chi connectivity index (χ1v) is 29.8. The zero-order valence-corrected chi connectivity index (χ0v) is 46.8. The van der Waals surface area contributed by atoms with Crippen LogP contribution in [0.3, 0.4) is 0 Å². The van der Waals surface area contributed by atoms with Gasteiger partial charge in [0, 0.05) is 117 Å². The fourth-order valence-electron chi connectivity index (χ4n) is 11.9. The third kappa shape index (κ3) is 9.03. The van der Waals surface area contributed by atoms with Crippen molar-refractivity contribution in [3.8, 4) is 17.2 Å². The van der Waals surface area contributed by atoms with E-state index in [4.69, 9.17) is 5.73 Å². The van der Waals surface area contributed by atoms with Crippen LogP contribution in [0.15, 0.2) is 44.7 Å². The van der Waals surface area contributed by atoms with Crippen molar-refractivity contribution >= 4 is 120 Å². The number of benzene rings is 3. The molecular weight excluding hydrogens is 1110 g/mol. The number of hydrogen-bond donors (Lipinski definition) is 7. The highest BCUT2D eigenvalue weighted by Gasteiger charge is 2.36. The number of rotatable bonds is 7. The highest BCUT2D eigenvalue weighted by Crippen LogP contribution is 2.48. The Balaban J connectivity index is 0.000000115. The number of nitrogens with one attached hydrogen (secondary N) is 3. The fourth-order valence-corrected chi connectivity index (χ4v) is 15.3. The molecule has 3 aromatic carbocycles. The molecule has 3 saturated carbocycles. The van der Waals surface area contributed by atoms with Crippen LogP contribution in [-0.2, 0) is 0 Å². The fraction of sp³-hybridized carbons (Fsp3) is 0.404. The SMILES string of the molecule is Cc1sc2c(c1O)c(=O)c1cc(F)c(N3CCNCC3)cc1n2C1CC1.Cc1sc2c(c1O)c(=O)c1cc(F)c(N3CCNCC3)cc1n2C1CC1.NC(=O)c1sc2c(c1O)c(=O)c1cc(F)c(N3CCNCC3)c(F)c1n2C1CC1. The number of amides is 1. The lowest BCUT2D eigenvalue weighted by molar-refractivity contribution is 0.100. The van der Waals surface area contributed by atoms with Gasteiger partial charge in [0.25, 0.3) is 5.91 Å². The minimum atomic E-state index is -0.873. The Morgan fingerprint density at radius 2 is 0.889 bits per heavy atom. The van der Waals surface area contributed by atoms with Crippen LogP contribution in [0.25, 0.3) is 63.4 Å². The maximum absolute atomic E-state index is 15.7. The molecule has 6 fully saturated rings. The Labute approximate surface area is 471 Å². The number of aromatic hydroxyl groups is 3. The van der Waals surface area contributed by atoms with E-state index in [0.29, 0.717) is 71.2 Å². The van der Waals surface area contributed by atoms with Gasteiger partial charge in [0.1, 0.15) is 59.4 Å². The molecule has 8 N–H and O–H groups in total. The minimum Gasteiger partial charge on any atom is -0.506 e. The van der Waals surface area contributed by atoms with Crippen molar-refractivity contribution in [1.29, 1.82) is 0 Å². The van der Waals surface area contributed by atoms with Crippen molar-refractivity contribution in [2.24, 2.45) is 5.73 Å². The molecule has 81 heavy (non-hydrogen) atoms. The van der Waals surface area contributed by atoms with Crippen LogP contribution < -0.4 is 52.7 Å². The van der Waals surface area contributed by atoms with Crippen molar-refractivity contribution in [1.82, 2.24) is 29.7 Å². The topological polar surface area (TPSA) is 216 Å². The van der Waals surface area contributed by atoms with E-state index in [1.807, 2.05) is 35.8 Å². The number of halogens is 4. The monoisotopic (exact) mass is 1170 g/mol. The lowest BCUT2D eigenvalue weighted by Gasteiger charge is -2.30. The average molecular weight is 1170 g/mol. The van der Waals surface area contributed by atoms with E-state index in [2.05, 4.69) is 25.1 Å². The van der Waals surface area contributed by atoms with E-state index in [1.54, 1.807) is 9.47 Å². The number of hydrogen-bond acceptors (Lipinski definition) is 16. The molecule has 3 aliphatic heterocycles. The number of carbonyl (C=O) groups excluding carboxylic acids is 1. The van der Waals surface area contributed by atoms with Gasteiger partial charge >= 0.3 is 0 Å². The summed E-state index contributed by atoms with van der Waals surface area (Å²) in [5.74, 6) is -3.67. The average Bonchev–Trinajstić information content (AvgIpc) is 4.17. The quantitative estimate of drug-likeness (QED) is 0.0750. The smallest absolute Gasteiger partial charge is 0.262 e. The number of fused-ring (bicyclic) bond motifs is 6. The van der Waals surface area contributed by atoms with Gasteiger partial charge in [-0.3, -0.25) is 19.2 Å². The van der Waals surface area contributed by atoms with E-state index in [-0.39, 0.29) is 71.7 Å². The summed E-state index contributed by atoms with van der Waals surface area (Å²) >= 11 is 3.75. The van der Waals surface area contributed by atoms with Gasteiger partial charge in [-0.25, -0.2) is 17.6 Å². The summed E-state index contributed by atoms with van der Waals surface area (Å²) in [5.41, 5.74) is 6.60. The van der Waals surface area contributed by atoms with Gasteiger partial charge in [0.05, 0.1) is 44.1 Å². The number of thiophene rings is 3. The Kier molecular flexibility index (Phi) is 13.5. The van der Waals surface area contributed by atoms with E-state index < -0.39 is 28.7 Å². The molecule has 424 valence electrons. The van der Waals surface area contributed by atoms with Gasteiger partial charge < -0.3 is 65.4 Å². The summed E-state index contributed by atoms with van der Waals surface area (Å²) in [6.07, 6.45) is 5.71. The molecule has 24 heteroatoms. The first kappa shape index (κ1) is 53.4.